The van der Waals surface area contributed by atoms with Crippen LogP contribution in [0.15, 0.2) is 48.0 Å². The van der Waals surface area contributed by atoms with Crippen molar-refractivity contribution in [3.63, 3.8) is 0 Å². The van der Waals surface area contributed by atoms with Crippen LogP contribution >= 0.6 is 22.7 Å². The van der Waals surface area contributed by atoms with Gasteiger partial charge in [0.2, 0.25) is 0 Å². The molecule has 4 nitrogen and oxygen atoms in total. The van der Waals surface area contributed by atoms with Gasteiger partial charge in [0.1, 0.15) is 4.83 Å². The van der Waals surface area contributed by atoms with Gasteiger partial charge in [0, 0.05) is 24.7 Å². The van der Waals surface area contributed by atoms with Crippen molar-refractivity contribution < 1.29 is 4.79 Å². The van der Waals surface area contributed by atoms with E-state index in [9.17, 15) is 4.79 Å². The minimum absolute atomic E-state index is 0.0976. The third-order valence-corrected chi connectivity index (χ3v) is 5.90. The van der Waals surface area contributed by atoms with Gasteiger partial charge in [-0.15, -0.1) is 22.7 Å². The molecule has 0 fully saturated rings. The van der Waals surface area contributed by atoms with Crippen LogP contribution in [0.1, 0.15) is 22.2 Å². The van der Waals surface area contributed by atoms with E-state index in [1.807, 2.05) is 52.1 Å². The molecule has 0 aliphatic carbocycles. The number of thiophene rings is 1. The number of fused-ring (bicyclic) bond motifs is 3. The Balaban J connectivity index is 1.55. The Bertz CT molecular complexity index is 984. The number of nitrogens with zero attached hydrogens (tertiary/aromatic N) is 3. The Labute approximate surface area is 148 Å². The van der Waals surface area contributed by atoms with Crippen LogP contribution in [0.3, 0.4) is 0 Å². The van der Waals surface area contributed by atoms with Gasteiger partial charge in [-0.3, -0.25) is 9.20 Å². The van der Waals surface area contributed by atoms with Crippen molar-refractivity contribution in [1.82, 2.24) is 14.3 Å². The number of aromatic nitrogens is 2. The quantitative estimate of drug-likeness (QED) is 0.535. The van der Waals surface area contributed by atoms with Crippen LogP contribution in [-0.2, 0) is 6.42 Å². The summed E-state index contributed by atoms with van der Waals surface area (Å²) in [5.41, 5.74) is 2.28. The molecule has 0 spiro atoms. The summed E-state index contributed by atoms with van der Waals surface area (Å²) in [5, 5.41) is 2.01. The second-order valence-corrected chi connectivity index (χ2v) is 7.49. The lowest BCUT2D eigenvalue weighted by Crippen LogP contribution is -2.32. The average Bonchev–Trinajstić information content (AvgIpc) is 3.28. The molecule has 3 aromatic heterocycles. The summed E-state index contributed by atoms with van der Waals surface area (Å²) in [6, 6.07) is 12.3. The maximum absolute atomic E-state index is 12.8. The van der Waals surface area contributed by atoms with Crippen molar-refractivity contribution in [2.24, 2.45) is 0 Å². The molecular formula is C18H17N3OS2. The summed E-state index contributed by atoms with van der Waals surface area (Å²) in [5.74, 6) is 0.0976. The summed E-state index contributed by atoms with van der Waals surface area (Å²) < 4.78 is 2.05. The van der Waals surface area contributed by atoms with Gasteiger partial charge in [-0.05, 0) is 25.0 Å². The summed E-state index contributed by atoms with van der Waals surface area (Å²) in [7, 11) is 0. The highest BCUT2D eigenvalue weighted by Gasteiger charge is 2.19. The van der Waals surface area contributed by atoms with Crippen LogP contribution in [0.5, 0.6) is 0 Å². The fraction of sp³-hybridized carbons (Fsp3) is 0.222. The number of benzene rings is 1. The van der Waals surface area contributed by atoms with Gasteiger partial charge in [0.05, 0.1) is 10.4 Å². The van der Waals surface area contributed by atoms with E-state index in [-0.39, 0.29) is 5.91 Å². The molecule has 0 atom stereocenters. The topological polar surface area (TPSA) is 37.6 Å². The molecular weight excluding hydrogens is 338 g/mol. The van der Waals surface area contributed by atoms with Crippen molar-refractivity contribution in [3.05, 3.63) is 58.4 Å². The Morgan fingerprint density at radius 2 is 2.12 bits per heavy atom. The van der Waals surface area contributed by atoms with Gasteiger partial charge in [0.25, 0.3) is 5.91 Å². The predicted molar refractivity (Wildman–Crippen MR) is 100 cm³/mol. The maximum atomic E-state index is 12.8. The van der Waals surface area contributed by atoms with Gasteiger partial charge in [-0.25, -0.2) is 4.98 Å². The lowest BCUT2D eigenvalue weighted by molar-refractivity contribution is 0.0771. The SMILES string of the molecule is CCN(CCc1ccccc1)C(=O)c1cc2c(nc3sccn32)s1. The number of carbonyl (C=O) groups excluding carboxylic acids is 1. The van der Waals surface area contributed by atoms with Gasteiger partial charge < -0.3 is 4.90 Å². The summed E-state index contributed by atoms with van der Waals surface area (Å²) in [6.45, 7) is 3.47. The molecule has 4 aromatic rings. The van der Waals surface area contributed by atoms with Crippen LogP contribution in [0, 0.1) is 0 Å². The number of likely N-dealkylation sites (N-methyl/N-ethyl adjacent to an activating group) is 1. The number of hydrogen-bond acceptors (Lipinski definition) is 4. The number of carbonyl (C=O) groups is 1. The molecule has 0 unspecified atom stereocenters. The van der Waals surface area contributed by atoms with Crippen molar-refractivity contribution in [2.75, 3.05) is 13.1 Å². The first-order valence-corrected chi connectivity index (χ1v) is 9.64. The highest BCUT2D eigenvalue weighted by Crippen LogP contribution is 2.29. The summed E-state index contributed by atoms with van der Waals surface area (Å²) in [6.07, 6.45) is 2.88. The van der Waals surface area contributed by atoms with Crippen molar-refractivity contribution in [1.29, 1.82) is 0 Å². The van der Waals surface area contributed by atoms with Crippen LogP contribution in [0.4, 0.5) is 0 Å². The largest absolute Gasteiger partial charge is 0.338 e. The second kappa shape index (κ2) is 6.37. The number of imidazole rings is 1. The lowest BCUT2D eigenvalue weighted by Gasteiger charge is -2.20. The number of thiazole rings is 1. The third kappa shape index (κ3) is 2.72. The predicted octanol–water partition coefficient (Wildman–Crippen LogP) is 4.32. The van der Waals surface area contributed by atoms with Gasteiger partial charge in [0.15, 0.2) is 4.96 Å². The highest BCUT2D eigenvalue weighted by atomic mass is 32.1. The first kappa shape index (κ1) is 15.4. The van der Waals surface area contributed by atoms with E-state index in [4.69, 9.17) is 0 Å². The van der Waals surface area contributed by atoms with E-state index in [1.54, 1.807) is 11.3 Å². The lowest BCUT2D eigenvalue weighted by atomic mass is 10.1. The molecule has 0 aliphatic heterocycles. The fourth-order valence-electron chi connectivity index (χ4n) is 2.82. The number of hydrogen-bond donors (Lipinski definition) is 0. The van der Waals surface area contributed by atoms with Crippen LogP contribution in [0.25, 0.3) is 15.3 Å². The molecule has 0 N–H and O–H groups in total. The molecule has 24 heavy (non-hydrogen) atoms. The standard InChI is InChI=1S/C18H17N3OS2/c1-2-20(9-8-13-6-4-3-5-7-13)17(22)15-12-14-16(24-15)19-18-21(14)10-11-23-18/h3-7,10-12H,2,8-9H2,1H3. The molecule has 6 heteroatoms. The Morgan fingerprint density at radius 3 is 2.92 bits per heavy atom. The van der Waals surface area contributed by atoms with Crippen LogP contribution in [-0.4, -0.2) is 33.3 Å². The van der Waals surface area contributed by atoms with Crippen molar-refractivity contribution in [2.45, 2.75) is 13.3 Å². The summed E-state index contributed by atoms with van der Waals surface area (Å²) in [4.78, 5) is 22.0. The summed E-state index contributed by atoms with van der Waals surface area (Å²) >= 11 is 3.10. The van der Waals surface area contributed by atoms with Gasteiger partial charge in [-0.1, -0.05) is 30.3 Å². The maximum Gasteiger partial charge on any atom is 0.264 e. The number of rotatable bonds is 5. The minimum Gasteiger partial charge on any atom is -0.338 e. The van der Waals surface area contributed by atoms with Crippen LogP contribution in [0.2, 0.25) is 0 Å². The Morgan fingerprint density at radius 1 is 1.29 bits per heavy atom. The second-order valence-electron chi connectivity index (χ2n) is 5.59. The van der Waals surface area contributed by atoms with Gasteiger partial charge >= 0.3 is 0 Å². The van der Waals surface area contributed by atoms with E-state index in [0.29, 0.717) is 6.54 Å². The Kier molecular flexibility index (Phi) is 4.08. The molecule has 4 rings (SSSR count). The first-order valence-electron chi connectivity index (χ1n) is 7.94. The minimum atomic E-state index is 0.0976. The monoisotopic (exact) mass is 355 g/mol. The highest BCUT2D eigenvalue weighted by molar-refractivity contribution is 7.21. The molecule has 0 saturated heterocycles. The zero-order chi connectivity index (χ0) is 16.5. The Hall–Kier alpha value is -2.18. The average molecular weight is 355 g/mol. The van der Waals surface area contributed by atoms with E-state index in [2.05, 4.69) is 17.1 Å². The molecule has 0 radical (unpaired) electrons. The van der Waals surface area contributed by atoms with Crippen molar-refractivity contribution >= 4 is 43.9 Å². The molecule has 122 valence electrons. The van der Waals surface area contributed by atoms with E-state index in [1.165, 1.54) is 16.9 Å². The molecule has 1 amide bonds. The van der Waals surface area contributed by atoms with E-state index < -0.39 is 0 Å². The van der Waals surface area contributed by atoms with Crippen molar-refractivity contribution in [3.8, 4) is 0 Å². The zero-order valence-corrected chi connectivity index (χ0v) is 14.9. The normalized spacial score (nSPS) is 11.4. The van der Waals surface area contributed by atoms with E-state index >= 15 is 0 Å². The smallest absolute Gasteiger partial charge is 0.264 e. The van der Waals surface area contributed by atoms with E-state index in [0.717, 1.165) is 33.2 Å². The molecule has 0 saturated carbocycles. The fourth-order valence-corrected chi connectivity index (χ4v) is 4.59. The third-order valence-electron chi connectivity index (χ3n) is 4.13. The molecule has 1 aromatic carbocycles. The first-order chi connectivity index (χ1) is 11.8. The molecule has 3 heterocycles. The molecule has 0 aliphatic rings. The van der Waals surface area contributed by atoms with Crippen LogP contribution < -0.4 is 0 Å². The number of amides is 1. The molecule has 0 bridgehead atoms. The van der Waals surface area contributed by atoms with Gasteiger partial charge in [-0.2, -0.15) is 0 Å². The zero-order valence-electron chi connectivity index (χ0n) is 13.3.